The minimum atomic E-state index is -0.854. The second-order valence-corrected chi connectivity index (χ2v) is 5.47. The first-order valence-electron chi connectivity index (χ1n) is 5.89. The van der Waals surface area contributed by atoms with Gasteiger partial charge in [-0.15, -0.1) is 0 Å². The van der Waals surface area contributed by atoms with Crippen LogP contribution >= 0.6 is 27.5 Å². The van der Waals surface area contributed by atoms with Gasteiger partial charge in [-0.3, -0.25) is 9.59 Å². The highest BCUT2D eigenvalue weighted by molar-refractivity contribution is 9.10. The van der Waals surface area contributed by atoms with Crippen molar-refractivity contribution in [3.63, 3.8) is 0 Å². The number of carbonyl (C=O) groups excluding carboxylic acids is 1. The third kappa shape index (κ3) is 5.20. The summed E-state index contributed by atoms with van der Waals surface area (Å²) in [6.07, 6.45) is 0.756. The number of hydrogen-bond acceptors (Lipinski definition) is 2. The predicted octanol–water partition coefficient (Wildman–Crippen LogP) is 3.33. The maximum Gasteiger partial charge on any atom is 0.303 e. The van der Waals surface area contributed by atoms with Gasteiger partial charge in [-0.25, -0.2) is 0 Å². The quantitative estimate of drug-likeness (QED) is 0.828. The van der Waals surface area contributed by atoms with Crippen molar-refractivity contribution in [3.05, 3.63) is 33.3 Å². The molecule has 4 nitrogen and oxygen atoms in total. The van der Waals surface area contributed by atoms with E-state index in [0.29, 0.717) is 23.6 Å². The zero-order chi connectivity index (χ0) is 14.4. The molecule has 1 atom stereocenters. The van der Waals surface area contributed by atoms with E-state index in [1.807, 2.05) is 6.92 Å². The van der Waals surface area contributed by atoms with Crippen LogP contribution in [0.4, 0.5) is 0 Å². The Morgan fingerprint density at radius 3 is 2.68 bits per heavy atom. The number of halogens is 2. The van der Waals surface area contributed by atoms with Crippen molar-refractivity contribution in [1.82, 2.24) is 5.32 Å². The lowest BCUT2D eigenvalue weighted by Gasteiger charge is -2.13. The van der Waals surface area contributed by atoms with E-state index in [1.165, 1.54) is 0 Å². The van der Waals surface area contributed by atoms with Crippen molar-refractivity contribution in [2.45, 2.75) is 19.8 Å². The molecule has 0 bridgehead atoms. The standard InChI is InChI=1S/C13H15BrClNO3/c1-2-8(5-12(17)18)7-16-13(19)9-3-4-10(14)11(15)6-9/h3-4,6,8H,2,5,7H2,1H3,(H,16,19)(H,17,18). The highest BCUT2D eigenvalue weighted by atomic mass is 79.9. The highest BCUT2D eigenvalue weighted by Crippen LogP contribution is 2.23. The molecule has 0 aromatic heterocycles. The number of rotatable bonds is 6. The lowest BCUT2D eigenvalue weighted by atomic mass is 10.0. The predicted molar refractivity (Wildman–Crippen MR) is 77.5 cm³/mol. The van der Waals surface area contributed by atoms with Gasteiger partial charge in [0.15, 0.2) is 0 Å². The fraction of sp³-hybridized carbons (Fsp3) is 0.385. The topological polar surface area (TPSA) is 66.4 Å². The van der Waals surface area contributed by atoms with Crippen molar-refractivity contribution in [3.8, 4) is 0 Å². The van der Waals surface area contributed by atoms with Gasteiger partial charge in [-0.05, 0) is 40.0 Å². The van der Waals surface area contributed by atoms with Crippen molar-refractivity contribution in [2.75, 3.05) is 6.54 Å². The zero-order valence-electron chi connectivity index (χ0n) is 10.5. The first-order valence-corrected chi connectivity index (χ1v) is 7.06. The van der Waals surface area contributed by atoms with Gasteiger partial charge in [0.05, 0.1) is 5.02 Å². The van der Waals surface area contributed by atoms with Gasteiger partial charge in [0, 0.05) is 23.0 Å². The van der Waals surface area contributed by atoms with E-state index in [1.54, 1.807) is 18.2 Å². The summed E-state index contributed by atoms with van der Waals surface area (Å²) in [5, 5.41) is 11.9. The van der Waals surface area contributed by atoms with Gasteiger partial charge in [-0.2, -0.15) is 0 Å². The maximum atomic E-state index is 11.9. The molecule has 0 heterocycles. The normalized spacial score (nSPS) is 11.9. The second kappa shape index (κ2) is 7.50. The number of hydrogen-bond donors (Lipinski definition) is 2. The van der Waals surface area contributed by atoms with E-state index >= 15 is 0 Å². The Hall–Kier alpha value is -1.07. The van der Waals surface area contributed by atoms with Crippen molar-refractivity contribution >= 4 is 39.4 Å². The van der Waals surface area contributed by atoms with Crippen molar-refractivity contribution in [2.24, 2.45) is 5.92 Å². The number of carbonyl (C=O) groups is 2. The molecule has 19 heavy (non-hydrogen) atoms. The Labute approximate surface area is 125 Å². The van der Waals surface area contributed by atoms with Crippen LogP contribution in [0, 0.1) is 5.92 Å². The summed E-state index contributed by atoms with van der Waals surface area (Å²) in [6.45, 7) is 2.24. The molecule has 0 aliphatic heterocycles. The third-order valence-electron chi connectivity index (χ3n) is 2.77. The Morgan fingerprint density at radius 2 is 2.16 bits per heavy atom. The monoisotopic (exact) mass is 347 g/mol. The molecule has 2 N–H and O–H groups in total. The van der Waals surface area contributed by atoms with Crippen LogP contribution in [0.25, 0.3) is 0 Å². The van der Waals surface area contributed by atoms with E-state index in [-0.39, 0.29) is 18.2 Å². The Morgan fingerprint density at radius 1 is 1.47 bits per heavy atom. The van der Waals surface area contributed by atoms with E-state index < -0.39 is 5.97 Å². The van der Waals surface area contributed by atoms with Gasteiger partial charge < -0.3 is 10.4 Å². The summed E-state index contributed by atoms with van der Waals surface area (Å²) in [7, 11) is 0. The summed E-state index contributed by atoms with van der Waals surface area (Å²) >= 11 is 9.16. The molecule has 1 aromatic rings. The van der Waals surface area contributed by atoms with Crippen LogP contribution in [-0.4, -0.2) is 23.5 Å². The Bertz CT molecular complexity index is 479. The first kappa shape index (κ1) is 16.0. The summed E-state index contributed by atoms with van der Waals surface area (Å²) in [5.74, 6) is -1.17. The summed E-state index contributed by atoms with van der Waals surface area (Å²) < 4.78 is 0.725. The van der Waals surface area contributed by atoms with E-state index in [9.17, 15) is 9.59 Å². The van der Waals surface area contributed by atoms with Gasteiger partial charge >= 0.3 is 5.97 Å². The average Bonchev–Trinajstić information content (AvgIpc) is 2.36. The second-order valence-electron chi connectivity index (χ2n) is 4.21. The summed E-state index contributed by atoms with van der Waals surface area (Å²) in [4.78, 5) is 22.5. The van der Waals surface area contributed by atoms with Gasteiger partial charge in [-0.1, -0.05) is 24.9 Å². The molecule has 0 saturated carbocycles. The smallest absolute Gasteiger partial charge is 0.303 e. The van der Waals surface area contributed by atoms with Crippen LogP contribution in [0.15, 0.2) is 22.7 Å². The van der Waals surface area contributed by atoms with Crippen LogP contribution in [0.5, 0.6) is 0 Å². The van der Waals surface area contributed by atoms with Crippen LogP contribution in [0.1, 0.15) is 30.1 Å². The molecule has 0 saturated heterocycles. The fourth-order valence-corrected chi connectivity index (χ4v) is 2.01. The molecule has 0 fully saturated rings. The SMILES string of the molecule is CCC(CNC(=O)c1ccc(Br)c(Cl)c1)CC(=O)O. The number of benzene rings is 1. The summed E-state index contributed by atoms with van der Waals surface area (Å²) in [5.41, 5.74) is 0.457. The molecule has 1 amide bonds. The van der Waals surface area contributed by atoms with Crippen LogP contribution in [0.3, 0.4) is 0 Å². The number of nitrogens with one attached hydrogen (secondary N) is 1. The molecule has 1 unspecified atom stereocenters. The molecule has 0 spiro atoms. The van der Waals surface area contributed by atoms with E-state index in [4.69, 9.17) is 16.7 Å². The largest absolute Gasteiger partial charge is 0.481 e. The number of aliphatic carboxylic acids is 1. The molecule has 0 aliphatic carbocycles. The van der Waals surface area contributed by atoms with Crippen LogP contribution < -0.4 is 5.32 Å². The molecule has 0 aliphatic rings. The van der Waals surface area contributed by atoms with Crippen molar-refractivity contribution < 1.29 is 14.7 Å². The highest BCUT2D eigenvalue weighted by Gasteiger charge is 2.13. The van der Waals surface area contributed by atoms with Crippen LogP contribution in [0.2, 0.25) is 5.02 Å². The minimum absolute atomic E-state index is 0.0534. The van der Waals surface area contributed by atoms with Gasteiger partial charge in [0.2, 0.25) is 0 Å². The lowest BCUT2D eigenvalue weighted by molar-refractivity contribution is -0.138. The number of carboxylic acids is 1. The number of carboxylic acid groups (broad SMARTS) is 1. The average molecular weight is 349 g/mol. The number of amides is 1. The molecule has 6 heteroatoms. The summed E-state index contributed by atoms with van der Waals surface area (Å²) in [6, 6.07) is 4.92. The Balaban J connectivity index is 2.59. The Kier molecular flexibility index (Phi) is 6.31. The zero-order valence-corrected chi connectivity index (χ0v) is 12.8. The van der Waals surface area contributed by atoms with Gasteiger partial charge in [0.1, 0.15) is 0 Å². The van der Waals surface area contributed by atoms with E-state index in [2.05, 4.69) is 21.2 Å². The molecule has 0 radical (unpaired) electrons. The molecule has 1 rings (SSSR count). The first-order chi connectivity index (χ1) is 8.93. The van der Waals surface area contributed by atoms with Crippen molar-refractivity contribution in [1.29, 1.82) is 0 Å². The van der Waals surface area contributed by atoms with Crippen LogP contribution in [-0.2, 0) is 4.79 Å². The molecular weight excluding hydrogens is 334 g/mol. The molecular formula is C13H15BrClNO3. The fourth-order valence-electron chi connectivity index (χ4n) is 1.58. The third-order valence-corrected chi connectivity index (χ3v) is 4.01. The lowest BCUT2D eigenvalue weighted by Crippen LogP contribution is -2.30. The minimum Gasteiger partial charge on any atom is -0.481 e. The molecule has 104 valence electrons. The van der Waals surface area contributed by atoms with Gasteiger partial charge in [0.25, 0.3) is 5.91 Å². The van der Waals surface area contributed by atoms with E-state index in [0.717, 1.165) is 4.47 Å². The molecule has 1 aromatic carbocycles. The maximum absolute atomic E-state index is 11.9.